The first-order valence-electron chi connectivity index (χ1n) is 8.66. The minimum atomic E-state index is -4.96. The van der Waals surface area contributed by atoms with E-state index in [1.807, 2.05) is 0 Å². The maximum absolute atomic E-state index is 12.3. The summed E-state index contributed by atoms with van der Waals surface area (Å²) in [6.07, 6.45) is -4.91. The average molecular weight is 423 g/mol. The van der Waals surface area contributed by atoms with Gasteiger partial charge in [0.25, 0.3) is 0 Å². The van der Waals surface area contributed by atoms with E-state index in [0.717, 1.165) is 0 Å². The molecule has 0 saturated carbocycles. The van der Waals surface area contributed by atoms with Crippen molar-refractivity contribution in [1.82, 2.24) is 5.43 Å². The zero-order valence-corrected chi connectivity index (χ0v) is 16.5. The Balaban J connectivity index is 1.97. The molecule has 0 atom stereocenters. The van der Waals surface area contributed by atoms with Crippen LogP contribution in [0.4, 0.5) is 18.9 Å². The molecule has 2 aromatic carbocycles. The fourth-order valence-electron chi connectivity index (χ4n) is 2.42. The molecule has 0 aromatic heterocycles. The number of rotatable bonds is 7. The van der Waals surface area contributed by atoms with E-state index in [-0.39, 0.29) is 18.0 Å². The van der Waals surface area contributed by atoms with Gasteiger partial charge < -0.3 is 14.8 Å². The monoisotopic (exact) mass is 423 g/mol. The highest BCUT2D eigenvalue weighted by atomic mass is 19.4. The highest BCUT2D eigenvalue weighted by Crippen LogP contribution is 2.27. The number of amides is 2. The van der Waals surface area contributed by atoms with Crippen molar-refractivity contribution in [2.75, 3.05) is 19.5 Å². The quantitative estimate of drug-likeness (QED) is 0.528. The third-order valence-electron chi connectivity index (χ3n) is 3.98. The highest BCUT2D eigenvalue weighted by molar-refractivity contribution is 6.00. The average Bonchev–Trinajstić information content (AvgIpc) is 2.71. The van der Waals surface area contributed by atoms with Crippen LogP contribution < -0.4 is 20.2 Å². The van der Waals surface area contributed by atoms with Crippen LogP contribution in [0, 0.1) is 0 Å². The van der Waals surface area contributed by atoms with Gasteiger partial charge in [-0.25, -0.2) is 5.43 Å². The van der Waals surface area contributed by atoms with Crippen molar-refractivity contribution in [2.45, 2.75) is 19.5 Å². The second-order valence-electron chi connectivity index (χ2n) is 6.13. The fourth-order valence-corrected chi connectivity index (χ4v) is 2.42. The molecular formula is C20H20F3N3O4. The van der Waals surface area contributed by atoms with Crippen molar-refractivity contribution >= 4 is 23.2 Å². The molecule has 0 radical (unpaired) electrons. The molecule has 2 rings (SSSR count). The number of ether oxygens (including phenoxy) is 2. The summed E-state index contributed by atoms with van der Waals surface area (Å²) in [6.45, 7) is 1.62. The Morgan fingerprint density at radius 2 is 1.63 bits per heavy atom. The lowest BCUT2D eigenvalue weighted by Crippen LogP contribution is -2.29. The van der Waals surface area contributed by atoms with Gasteiger partial charge in [-0.15, -0.1) is 0 Å². The Morgan fingerprint density at radius 3 is 2.20 bits per heavy atom. The molecule has 2 aromatic rings. The molecule has 0 aliphatic rings. The summed E-state index contributed by atoms with van der Waals surface area (Å²) in [7, 11) is 3.01. The van der Waals surface area contributed by atoms with E-state index in [2.05, 4.69) is 10.5 Å². The second-order valence-corrected chi connectivity index (χ2v) is 6.13. The van der Waals surface area contributed by atoms with Gasteiger partial charge in [0, 0.05) is 5.69 Å². The Bertz CT molecular complexity index is 941. The standard InChI is InChI=1S/C20H20F3N3O4/c1-12(14-5-7-15(8-6-14)24-19(28)20(21,22)23)25-26-18(27)11-13-4-9-16(29-2)17(10-13)30-3/h4-10H,11H2,1-3H3,(H,24,28)(H,26,27)/b25-12-. The smallest absolute Gasteiger partial charge is 0.471 e. The molecule has 0 bridgehead atoms. The number of nitrogens with one attached hydrogen (secondary N) is 2. The van der Waals surface area contributed by atoms with E-state index in [9.17, 15) is 22.8 Å². The topological polar surface area (TPSA) is 89.0 Å². The first kappa shape index (κ1) is 22.7. The van der Waals surface area contributed by atoms with E-state index in [0.29, 0.717) is 28.3 Å². The molecule has 10 heteroatoms. The number of hydrazone groups is 1. The predicted octanol–water partition coefficient (Wildman–Crippen LogP) is 3.29. The van der Waals surface area contributed by atoms with E-state index in [1.165, 1.54) is 38.5 Å². The molecule has 0 heterocycles. The van der Waals surface area contributed by atoms with Crippen LogP contribution in [0.15, 0.2) is 47.6 Å². The lowest BCUT2D eigenvalue weighted by atomic mass is 10.1. The number of carbonyl (C=O) groups is 2. The summed E-state index contributed by atoms with van der Waals surface area (Å²) in [5, 5.41) is 5.74. The van der Waals surface area contributed by atoms with Gasteiger partial charge in [-0.05, 0) is 42.3 Å². The minimum absolute atomic E-state index is 0.00800. The SMILES string of the molecule is COc1ccc(CC(=O)N/N=C(/C)c2ccc(NC(=O)C(F)(F)F)cc2)cc1OC. The van der Waals surface area contributed by atoms with Gasteiger partial charge >= 0.3 is 12.1 Å². The molecule has 0 aliphatic carbocycles. The second kappa shape index (κ2) is 9.77. The van der Waals surface area contributed by atoms with Crippen LogP contribution in [0.5, 0.6) is 11.5 Å². The van der Waals surface area contributed by atoms with Crippen LogP contribution in [-0.4, -0.2) is 37.9 Å². The van der Waals surface area contributed by atoms with Crippen LogP contribution >= 0.6 is 0 Å². The first-order chi connectivity index (χ1) is 14.1. The number of benzene rings is 2. The molecule has 30 heavy (non-hydrogen) atoms. The third-order valence-corrected chi connectivity index (χ3v) is 3.98. The summed E-state index contributed by atoms with van der Waals surface area (Å²) in [5.41, 5.74) is 4.11. The number of carbonyl (C=O) groups excluding carboxylic acids is 2. The van der Waals surface area contributed by atoms with E-state index >= 15 is 0 Å². The van der Waals surface area contributed by atoms with Crippen LogP contribution in [0.2, 0.25) is 0 Å². The highest BCUT2D eigenvalue weighted by Gasteiger charge is 2.38. The molecule has 0 fully saturated rings. The summed E-state index contributed by atoms with van der Waals surface area (Å²) in [6, 6.07) is 10.7. The number of alkyl halides is 3. The van der Waals surface area contributed by atoms with Crippen LogP contribution in [-0.2, 0) is 16.0 Å². The van der Waals surface area contributed by atoms with Crippen molar-refractivity contribution in [3.63, 3.8) is 0 Å². The zero-order valence-electron chi connectivity index (χ0n) is 16.5. The molecule has 0 aliphatic heterocycles. The predicted molar refractivity (Wildman–Crippen MR) is 105 cm³/mol. The Labute approximate surface area is 170 Å². The number of anilines is 1. The van der Waals surface area contributed by atoms with Crippen molar-refractivity contribution in [3.05, 3.63) is 53.6 Å². The Hall–Kier alpha value is -3.56. The van der Waals surface area contributed by atoms with E-state index in [4.69, 9.17) is 9.47 Å². The number of hydrogen-bond donors (Lipinski definition) is 2. The maximum Gasteiger partial charge on any atom is 0.471 e. The maximum atomic E-state index is 12.3. The number of nitrogens with zero attached hydrogens (tertiary/aromatic N) is 1. The van der Waals surface area contributed by atoms with Gasteiger partial charge in [0.05, 0.1) is 26.4 Å². The number of hydrogen-bond acceptors (Lipinski definition) is 5. The van der Waals surface area contributed by atoms with Gasteiger partial charge in [-0.1, -0.05) is 18.2 Å². The minimum Gasteiger partial charge on any atom is -0.493 e. The summed E-state index contributed by atoms with van der Waals surface area (Å²) < 4.78 is 47.1. The van der Waals surface area contributed by atoms with Gasteiger partial charge in [0.2, 0.25) is 5.91 Å². The van der Waals surface area contributed by atoms with Gasteiger partial charge in [-0.3, -0.25) is 9.59 Å². The summed E-state index contributed by atoms with van der Waals surface area (Å²) >= 11 is 0. The molecule has 0 unspecified atom stereocenters. The molecule has 2 N–H and O–H groups in total. The molecule has 7 nitrogen and oxygen atoms in total. The molecular weight excluding hydrogens is 403 g/mol. The Kier molecular flexibility index (Phi) is 7.40. The molecule has 0 saturated heterocycles. The molecule has 2 amide bonds. The van der Waals surface area contributed by atoms with E-state index < -0.39 is 12.1 Å². The van der Waals surface area contributed by atoms with Crippen molar-refractivity contribution in [2.24, 2.45) is 5.10 Å². The summed E-state index contributed by atoms with van der Waals surface area (Å²) in [4.78, 5) is 23.1. The third kappa shape index (κ3) is 6.23. The first-order valence-corrected chi connectivity index (χ1v) is 8.66. The number of methoxy groups -OCH3 is 2. The lowest BCUT2D eigenvalue weighted by molar-refractivity contribution is -0.167. The van der Waals surface area contributed by atoms with Crippen molar-refractivity contribution < 1.29 is 32.2 Å². The largest absolute Gasteiger partial charge is 0.493 e. The van der Waals surface area contributed by atoms with Crippen molar-refractivity contribution in [1.29, 1.82) is 0 Å². The van der Waals surface area contributed by atoms with E-state index in [1.54, 1.807) is 30.4 Å². The molecule has 0 spiro atoms. The zero-order chi connectivity index (χ0) is 22.3. The normalized spacial score (nSPS) is 11.6. The van der Waals surface area contributed by atoms with Gasteiger partial charge in [0.15, 0.2) is 11.5 Å². The van der Waals surface area contributed by atoms with Crippen LogP contribution in [0.3, 0.4) is 0 Å². The summed E-state index contributed by atoms with van der Waals surface area (Å²) in [5.74, 6) is -1.37. The van der Waals surface area contributed by atoms with Crippen molar-refractivity contribution in [3.8, 4) is 11.5 Å². The van der Waals surface area contributed by atoms with Crippen LogP contribution in [0.25, 0.3) is 0 Å². The van der Waals surface area contributed by atoms with Crippen LogP contribution in [0.1, 0.15) is 18.1 Å². The van der Waals surface area contributed by atoms with Gasteiger partial charge in [0.1, 0.15) is 0 Å². The lowest BCUT2D eigenvalue weighted by Gasteiger charge is -2.09. The molecule has 160 valence electrons. The van der Waals surface area contributed by atoms with Gasteiger partial charge in [-0.2, -0.15) is 18.3 Å². The number of halogens is 3. The Morgan fingerprint density at radius 1 is 1.00 bits per heavy atom. The fraction of sp³-hybridized carbons (Fsp3) is 0.250.